The molecule has 4 amide bonds. The van der Waals surface area contributed by atoms with E-state index in [0.717, 1.165) is 30.4 Å². The lowest BCUT2D eigenvalue weighted by atomic mass is 10.0. The van der Waals surface area contributed by atoms with Crippen molar-refractivity contribution in [3.05, 3.63) is 34.9 Å². The number of amides is 4. The van der Waals surface area contributed by atoms with Gasteiger partial charge in [0, 0.05) is 44.8 Å². The molecule has 0 radical (unpaired) electrons. The molecule has 11 heteroatoms. The van der Waals surface area contributed by atoms with Crippen LogP contribution in [0.25, 0.3) is 0 Å². The number of rotatable bonds is 6. The maximum absolute atomic E-state index is 13.8. The van der Waals surface area contributed by atoms with E-state index in [9.17, 15) is 24.4 Å². The van der Waals surface area contributed by atoms with Crippen LogP contribution >= 0.6 is 0 Å². The third-order valence-corrected chi connectivity index (χ3v) is 9.41. The van der Waals surface area contributed by atoms with Gasteiger partial charge in [0.2, 0.25) is 11.8 Å². The van der Waals surface area contributed by atoms with Crippen molar-refractivity contribution >= 4 is 23.8 Å². The van der Waals surface area contributed by atoms with Crippen LogP contribution in [-0.2, 0) is 20.7 Å². The van der Waals surface area contributed by atoms with Gasteiger partial charge in [0.15, 0.2) is 0 Å². The van der Waals surface area contributed by atoms with Crippen molar-refractivity contribution in [2.24, 2.45) is 5.92 Å². The Morgan fingerprint density at radius 2 is 1.93 bits per heavy atom. The van der Waals surface area contributed by atoms with Crippen LogP contribution < -0.4 is 5.32 Å². The third-order valence-electron chi connectivity index (χ3n) is 9.41. The molecule has 2 aliphatic carbocycles. The maximum Gasteiger partial charge on any atom is 0.408 e. The molecule has 42 heavy (non-hydrogen) atoms. The van der Waals surface area contributed by atoms with Crippen LogP contribution in [0.1, 0.15) is 74.0 Å². The lowest BCUT2D eigenvalue weighted by molar-refractivity contribution is -0.141. The minimum atomic E-state index is -0.921. The quantitative estimate of drug-likeness (QED) is 0.550. The molecule has 224 valence electrons. The SMILES string of the molecule is CN(C)C(=O)c1ccc2c(c1)CC[C@@H]2N1C(=O)[C@@H]2C[C@H]1CN2C[C@H](NC(=O)OC(C)(C)C)C(=O)N1[C@H](C#N)C[C@@H]2C[C@@H]21. The first-order valence-electron chi connectivity index (χ1n) is 15.0. The van der Waals surface area contributed by atoms with Crippen LogP contribution in [0.15, 0.2) is 18.2 Å². The number of piperazine rings is 1. The summed E-state index contributed by atoms with van der Waals surface area (Å²) in [6, 6.07) is 6.29. The molecule has 3 saturated heterocycles. The van der Waals surface area contributed by atoms with E-state index in [1.54, 1.807) is 44.7 Å². The van der Waals surface area contributed by atoms with Crippen LogP contribution in [0.2, 0.25) is 0 Å². The molecule has 1 aromatic carbocycles. The van der Waals surface area contributed by atoms with Gasteiger partial charge in [0.25, 0.3) is 5.91 Å². The highest BCUT2D eigenvalue weighted by atomic mass is 16.6. The van der Waals surface area contributed by atoms with Crippen molar-refractivity contribution < 1.29 is 23.9 Å². The second-order valence-corrected chi connectivity index (χ2v) is 13.7. The van der Waals surface area contributed by atoms with Crippen LogP contribution in [0.3, 0.4) is 0 Å². The van der Waals surface area contributed by atoms with E-state index in [-0.39, 0.29) is 48.4 Å². The Morgan fingerprint density at radius 3 is 2.60 bits per heavy atom. The monoisotopic (exact) mass is 576 g/mol. The highest BCUT2D eigenvalue weighted by molar-refractivity contribution is 5.94. The molecule has 0 spiro atoms. The predicted molar refractivity (Wildman–Crippen MR) is 152 cm³/mol. The van der Waals surface area contributed by atoms with Gasteiger partial charge in [-0.3, -0.25) is 19.3 Å². The number of piperidine rings is 1. The fourth-order valence-corrected chi connectivity index (χ4v) is 7.51. The van der Waals surface area contributed by atoms with E-state index >= 15 is 0 Å². The number of likely N-dealkylation sites (tertiary alicyclic amines) is 3. The Hall–Kier alpha value is -3.65. The van der Waals surface area contributed by atoms with Crippen molar-refractivity contribution in [2.45, 2.75) is 94.7 Å². The Labute approximate surface area is 246 Å². The van der Waals surface area contributed by atoms with Crippen molar-refractivity contribution in [3.63, 3.8) is 0 Å². The van der Waals surface area contributed by atoms with Crippen LogP contribution in [0.4, 0.5) is 4.79 Å². The molecular weight excluding hydrogens is 536 g/mol. The van der Waals surface area contributed by atoms with Crippen molar-refractivity contribution in [1.82, 2.24) is 24.9 Å². The zero-order chi connectivity index (χ0) is 30.1. The Morgan fingerprint density at radius 1 is 1.17 bits per heavy atom. The number of carbonyl (C=O) groups is 4. The molecule has 7 atom stereocenters. The lowest BCUT2D eigenvalue weighted by Gasteiger charge is -2.39. The van der Waals surface area contributed by atoms with Gasteiger partial charge in [-0.15, -0.1) is 0 Å². The number of carbonyl (C=O) groups excluding carboxylic acids is 4. The molecule has 1 aromatic rings. The molecule has 3 heterocycles. The first-order valence-corrected chi connectivity index (χ1v) is 15.0. The molecule has 4 fully saturated rings. The molecule has 0 aromatic heterocycles. The number of ether oxygens (including phenoxy) is 1. The molecule has 3 aliphatic heterocycles. The smallest absolute Gasteiger partial charge is 0.408 e. The van der Waals surface area contributed by atoms with Gasteiger partial charge in [0.05, 0.1) is 18.2 Å². The Kier molecular flexibility index (Phi) is 6.96. The number of nitrogens with zero attached hydrogens (tertiary/aromatic N) is 5. The largest absolute Gasteiger partial charge is 0.444 e. The number of aryl methyl sites for hydroxylation is 1. The number of nitrogens with one attached hydrogen (secondary N) is 1. The second kappa shape index (κ2) is 10.3. The van der Waals surface area contributed by atoms with E-state index in [4.69, 9.17) is 4.74 Å². The molecule has 0 unspecified atom stereocenters. The number of benzene rings is 1. The number of hydrogen-bond donors (Lipinski definition) is 1. The molecule has 5 aliphatic rings. The lowest BCUT2D eigenvalue weighted by Crippen LogP contribution is -2.59. The summed E-state index contributed by atoms with van der Waals surface area (Å²) in [5, 5.41) is 12.5. The summed E-state index contributed by atoms with van der Waals surface area (Å²) in [5.74, 6) is 0.0752. The van der Waals surface area contributed by atoms with Crippen LogP contribution in [0, 0.1) is 17.2 Å². The van der Waals surface area contributed by atoms with Gasteiger partial charge in [0.1, 0.15) is 17.7 Å². The van der Waals surface area contributed by atoms with Gasteiger partial charge in [-0.2, -0.15) is 5.26 Å². The van der Waals surface area contributed by atoms with Gasteiger partial charge in [-0.05, 0) is 82.1 Å². The summed E-state index contributed by atoms with van der Waals surface area (Å²) < 4.78 is 5.47. The average Bonchev–Trinajstić information content (AvgIpc) is 3.25. The molecule has 2 bridgehead atoms. The fraction of sp³-hybridized carbons (Fsp3) is 0.645. The Bertz CT molecular complexity index is 1360. The zero-order valence-corrected chi connectivity index (χ0v) is 25.0. The summed E-state index contributed by atoms with van der Waals surface area (Å²) in [4.78, 5) is 60.1. The van der Waals surface area contributed by atoms with Crippen LogP contribution in [0.5, 0.6) is 0 Å². The topological polar surface area (TPSA) is 126 Å². The minimum Gasteiger partial charge on any atom is -0.444 e. The summed E-state index contributed by atoms with van der Waals surface area (Å²) >= 11 is 0. The molecule has 11 nitrogen and oxygen atoms in total. The van der Waals surface area contributed by atoms with Crippen molar-refractivity contribution in [1.29, 1.82) is 5.26 Å². The van der Waals surface area contributed by atoms with E-state index in [1.807, 2.05) is 28.0 Å². The normalized spacial score (nSPS) is 30.0. The van der Waals surface area contributed by atoms with E-state index < -0.39 is 23.8 Å². The van der Waals surface area contributed by atoms with Crippen molar-refractivity contribution in [3.8, 4) is 6.07 Å². The number of hydrogen-bond acceptors (Lipinski definition) is 7. The molecule has 1 N–H and O–H groups in total. The van der Waals surface area contributed by atoms with Gasteiger partial charge in [-0.25, -0.2) is 4.79 Å². The summed E-state index contributed by atoms with van der Waals surface area (Å²) in [6.45, 7) is 6.08. The third kappa shape index (κ3) is 5.00. The minimum absolute atomic E-state index is 0.00488. The molecular formula is C31H40N6O5. The van der Waals surface area contributed by atoms with Gasteiger partial charge >= 0.3 is 6.09 Å². The number of alkyl carbamates (subject to hydrolysis) is 1. The summed E-state index contributed by atoms with van der Waals surface area (Å²) in [7, 11) is 3.47. The highest BCUT2D eigenvalue weighted by Crippen LogP contribution is 2.48. The maximum atomic E-state index is 13.8. The number of nitriles is 1. The fourth-order valence-electron chi connectivity index (χ4n) is 7.51. The standard InChI is InChI=1S/C31H40N6O5/c1-31(2,3)42-30(41)33-23(28(39)36-20(14-32)11-19-12-25(19)36)16-35-15-21-13-26(35)29(40)37(21)24-9-7-17-10-18(6-8-22(17)24)27(38)34(4)5/h6,8,10,19-21,23-26H,7,9,11-13,15-16H2,1-5H3,(H,33,41)/t19-,20+,21+,23+,24+,25+,26+/m1/s1. The number of fused-ring (bicyclic) bond motifs is 4. The highest BCUT2D eigenvalue weighted by Gasteiger charge is 2.57. The van der Waals surface area contributed by atoms with E-state index in [0.29, 0.717) is 30.9 Å². The Balaban J connectivity index is 1.17. The molecule has 6 rings (SSSR count). The van der Waals surface area contributed by atoms with Crippen LogP contribution in [-0.4, -0.2) is 106 Å². The zero-order valence-electron chi connectivity index (χ0n) is 25.0. The first kappa shape index (κ1) is 28.5. The summed E-state index contributed by atoms with van der Waals surface area (Å²) in [6.07, 6.45) is 3.17. The van der Waals surface area contributed by atoms with E-state index in [1.165, 1.54) is 0 Å². The predicted octanol–water partition coefficient (Wildman–Crippen LogP) is 2.07. The molecule has 1 saturated carbocycles. The average molecular weight is 577 g/mol. The first-order chi connectivity index (χ1) is 19.9. The van der Waals surface area contributed by atoms with E-state index in [2.05, 4.69) is 11.4 Å². The van der Waals surface area contributed by atoms with Crippen molar-refractivity contribution in [2.75, 3.05) is 27.2 Å². The van der Waals surface area contributed by atoms with Gasteiger partial charge < -0.3 is 24.8 Å². The van der Waals surface area contributed by atoms with Gasteiger partial charge in [-0.1, -0.05) is 6.07 Å². The second-order valence-electron chi connectivity index (χ2n) is 13.7. The summed E-state index contributed by atoms with van der Waals surface area (Å²) in [5.41, 5.74) is 2.14.